The van der Waals surface area contributed by atoms with Crippen LogP contribution in [0.15, 0.2) is 18.2 Å². The second-order valence-electron chi connectivity index (χ2n) is 4.25. The molecule has 0 unspecified atom stereocenters. The van der Waals surface area contributed by atoms with Gasteiger partial charge in [0.1, 0.15) is 0 Å². The van der Waals surface area contributed by atoms with Crippen molar-refractivity contribution in [3.8, 4) is 0 Å². The van der Waals surface area contributed by atoms with Crippen LogP contribution in [0.4, 0.5) is 0 Å². The minimum Gasteiger partial charge on any atom is -0.356 e. The van der Waals surface area contributed by atoms with Gasteiger partial charge in [0, 0.05) is 26.1 Å². The zero-order valence-electron chi connectivity index (χ0n) is 11.0. The molecule has 0 saturated heterocycles. The second kappa shape index (κ2) is 7.07. The molecule has 0 bridgehead atoms. The highest BCUT2D eigenvalue weighted by Gasteiger charge is 2.02. The quantitative estimate of drug-likeness (QED) is 0.738. The Morgan fingerprint density at radius 1 is 1.24 bits per heavy atom. The number of carbonyl (C=O) groups excluding carboxylic acids is 1. The van der Waals surface area contributed by atoms with Crippen molar-refractivity contribution in [3.63, 3.8) is 0 Å². The monoisotopic (exact) mass is 234 g/mol. The van der Waals surface area contributed by atoms with Crippen LogP contribution < -0.4 is 10.6 Å². The molecule has 1 aromatic carbocycles. The molecule has 3 heteroatoms. The number of hydrogen-bond acceptors (Lipinski definition) is 2. The molecule has 1 rings (SSSR count). The lowest BCUT2D eigenvalue weighted by molar-refractivity contribution is -0.120. The number of amides is 1. The molecule has 1 aromatic rings. The van der Waals surface area contributed by atoms with Crippen LogP contribution in [0.2, 0.25) is 0 Å². The van der Waals surface area contributed by atoms with E-state index in [4.69, 9.17) is 0 Å². The Labute approximate surface area is 104 Å². The first kappa shape index (κ1) is 13.7. The first-order chi connectivity index (χ1) is 8.15. The summed E-state index contributed by atoms with van der Waals surface area (Å²) in [6.07, 6.45) is 0.540. The highest BCUT2D eigenvalue weighted by atomic mass is 16.1. The van der Waals surface area contributed by atoms with E-state index in [9.17, 15) is 4.79 Å². The molecule has 94 valence electrons. The number of benzene rings is 1. The number of aryl methyl sites for hydroxylation is 2. The number of rotatable bonds is 6. The van der Waals surface area contributed by atoms with Crippen LogP contribution in [0.1, 0.15) is 30.0 Å². The van der Waals surface area contributed by atoms with E-state index in [2.05, 4.69) is 42.7 Å². The Balaban J connectivity index is 2.34. The lowest BCUT2D eigenvalue weighted by Crippen LogP contribution is -2.27. The number of carbonyl (C=O) groups is 1. The normalized spacial score (nSPS) is 10.3. The maximum absolute atomic E-state index is 11.2. The zero-order chi connectivity index (χ0) is 12.7. The van der Waals surface area contributed by atoms with E-state index >= 15 is 0 Å². The third kappa shape index (κ3) is 4.57. The molecule has 0 aromatic heterocycles. The predicted octanol–water partition coefficient (Wildman–Crippen LogP) is 1.92. The molecular formula is C14H22N2O. The lowest BCUT2D eigenvalue weighted by Gasteiger charge is -2.10. The third-order valence-corrected chi connectivity index (χ3v) is 2.85. The van der Waals surface area contributed by atoms with Crippen LogP contribution >= 0.6 is 0 Å². The van der Waals surface area contributed by atoms with Gasteiger partial charge in [0.2, 0.25) is 5.91 Å². The molecule has 0 atom stereocenters. The molecular weight excluding hydrogens is 212 g/mol. The van der Waals surface area contributed by atoms with Crippen LogP contribution in [0.3, 0.4) is 0 Å². The molecule has 0 heterocycles. The van der Waals surface area contributed by atoms with E-state index in [0.29, 0.717) is 13.0 Å². The van der Waals surface area contributed by atoms with Crippen LogP contribution in [-0.2, 0) is 11.3 Å². The summed E-state index contributed by atoms with van der Waals surface area (Å²) in [6, 6.07) is 6.31. The van der Waals surface area contributed by atoms with Crippen LogP contribution in [0, 0.1) is 13.8 Å². The summed E-state index contributed by atoms with van der Waals surface area (Å²) in [5, 5.41) is 6.10. The third-order valence-electron chi connectivity index (χ3n) is 2.85. The minimum atomic E-state index is 0.113. The average Bonchev–Trinajstić information content (AvgIpc) is 2.28. The summed E-state index contributed by atoms with van der Waals surface area (Å²) in [6.45, 7) is 8.43. The van der Waals surface area contributed by atoms with Gasteiger partial charge in [-0.15, -0.1) is 0 Å². The Morgan fingerprint density at radius 3 is 2.47 bits per heavy atom. The molecule has 1 amide bonds. The van der Waals surface area contributed by atoms with Crippen molar-refractivity contribution < 1.29 is 4.79 Å². The fourth-order valence-corrected chi connectivity index (χ4v) is 1.83. The Morgan fingerprint density at radius 2 is 1.88 bits per heavy atom. The number of hydrogen-bond donors (Lipinski definition) is 2. The van der Waals surface area contributed by atoms with Crippen molar-refractivity contribution in [2.45, 2.75) is 33.7 Å². The van der Waals surface area contributed by atoms with Crippen molar-refractivity contribution in [1.82, 2.24) is 10.6 Å². The highest BCUT2D eigenvalue weighted by molar-refractivity contribution is 5.75. The van der Waals surface area contributed by atoms with Gasteiger partial charge in [-0.05, 0) is 37.5 Å². The first-order valence-electron chi connectivity index (χ1n) is 6.17. The van der Waals surface area contributed by atoms with Crippen LogP contribution in [0.25, 0.3) is 0 Å². The van der Waals surface area contributed by atoms with Gasteiger partial charge in [0.05, 0.1) is 0 Å². The molecule has 0 radical (unpaired) electrons. The Kier molecular flexibility index (Phi) is 5.70. The summed E-state index contributed by atoms with van der Waals surface area (Å²) < 4.78 is 0. The van der Waals surface area contributed by atoms with E-state index in [0.717, 1.165) is 13.1 Å². The standard InChI is InChI=1S/C14H22N2O/c1-4-16-14(17)8-9-15-10-13-11(2)6-5-7-12(13)3/h5-7,15H,4,8-10H2,1-3H3,(H,16,17). The molecule has 0 aliphatic carbocycles. The highest BCUT2D eigenvalue weighted by Crippen LogP contribution is 2.12. The van der Waals surface area contributed by atoms with E-state index in [-0.39, 0.29) is 5.91 Å². The van der Waals surface area contributed by atoms with Crippen LogP contribution in [0.5, 0.6) is 0 Å². The summed E-state index contributed by atoms with van der Waals surface area (Å²) in [4.78, 5) is 11.2. The van der Waals surface area contributed by atoms with Gasteiger partial charge in [-0.1, -0.05) is 18.2 Å². The Hall–Kier alpha value is -1.35. The van der Waals surface area contributed by atoms with Crippen molar-refractivity contribution >= 4 is 5.91 Å². The van der Waals surface area contributed by atoms with Gasteiger partial charge >= 0.3 is 0 Å². The molecule has 17 heavy (non-hydrogen) atoms. The minimum absolute atomic E-state index is 0.113. The van der Waals surface area contributed by atoms with E-state index in [1.165, 1.54) is 16.7 Å². The predicted molar refractivity (Wildman–Crippen MR) is 70.9 cm³/mol. The number of nitrogens with one attached hydrogen (secondary N) is 2. The van der Waals surface area contributed by atoms with Gasteiger partial charge < -0.3 is 10.6 Å². The SMILES string of the molecule is CCNC(=O)CCNCc1c(C)cccc1C. The maximum atomic E-state index is 11.2. The second-order valence-corrected chi connectivity index (χ2v) is 4.25. The molecule has 0 saturated carbocycles. The molecule has 0 fully saturated rings. The molecule has 0 aliphatic rings. The van der Waals surface area contributed by atoms with Gasteiger partial charge in [-0.25, -0.2) is 0 Å². The van der Waals surface area contributed by atoms with Gasteiger partial charge in [-0.2, -0.15) is 0 Å². The summed E-state index contributed by atoms with van der Waals surface area (Å²) in [5.41, 5.74) is 3.94. The maximum Gasteiger partial charge on any atom is 0.221 e. The summed E-state index contributed by atoms with van der Waals surface area (Å²) >= 11 is 0. The smallest absolute Gasteiger partial charge is 0.221 e. The zero-order valence-corrected chi connectivity index (χ0v) is 11.0. The Bertz CT molecular complexity index is 354. The van der Waals surface area contributed by atoms with E-state index in [1.807, 2.05) is 6.92 Å². The fourth-order valence-electron chi connectivity index (χ4n) is 1.83. The molecule has 0 aliphatic heterocycles. The molecule has 0 spiro atoms. The van der Waals surface area contributed by atoms with Gasteiger partial charge in [0.15, 0.2) is 0 Å². The van der Waals surface area contributed by atoms with E-state index < -0.39 is 0 Å². The topological polar surface area (TPSA) is 41.1 Å². The summed E-state index contributed by atoms with van der Waals surface area (Å²) in [7, 11) is 0. The van der Waals surface area contributed by atoms with E-state index in [1.54, 1.807) is 0 Å². The fraction of sp³-hybridized carbons (Fsp3) is 0.500. The molecule has 2 N–H and O–H groups in total. The molecule has 3 nitrogen and oxygen atoms in total. The average molecular weight is 234 g/mol. The largest absolute Gasteiger partial charge is 0.356 e. The lowest BCUT2D eigenvalue weighted by atomic mass is 10.0. The van der Waals surface area contributed by atoms with Gasteiger partial charge in [0.25, 0.3) is 0 Å². The first-order valence-corrected chi connectivity index (χ1v) is 6.17. The van der Waals surface area contributed by atoms with Crippen LogP contribution in [-0.4, -0.2) is 19.0 Å². The van der Waals surface area contributed by atoms with Crippen molar-refractivity contribution in [2.24, 2.45) is 0 Å². The van der Waals surface area contributed by atoms with Crippen molar-refractivity contribution in [2.75, 3.05) is 13.1 Å². The van der Waals surface area contributed by atoms with Crippen molar-refractivity contribution in [1.29, 1.82) is 0 Å². The van der Waals surface area contributed by atoms with Crippen molar-refractivity contribution in [3.05, 3.63) is 34.9 Å². The summed E-state index contributed by atoms with van der Waals surface area (Å²) in [5.74, 6) is 0.113. The van der Waals surface area contributed by atoms with Gasteiger partial charge in [-0.3, -0.25) is 4.79 Å².